The maximum Gasteiger partial charge on any atom is 0.333 e. The summed E-state index contributed by atoms with van der Waals surface area (Å²) in [6.07, 6.45) is 0.0230. The van der Waals surface area contributed by atoms with Crippen molar-refractivity contribution in [1.82, 2.24) is 0 Å². The van der Waals surface area contributed by atoms with Gasteiger partial charge in [0, 0.05) is 19.1 Å². The number of methoxy groups -OCH3 is 1. The molecule has 5 nitrogen and oxygen atoms in total. The van der Waals surface area contributed by atoms with Gasteiger partial charge in [-0.05, 0) is 0 Å². The van der Waals surface area contributed by atoms with E-state index in [0.717, 1.165) is 0 Å². The van der Waals surface area contributed by atoms with E-state index in [1.807, 2.05) is 0 Å². The van der Waals surface area contributed by atoms with Crippen LogP contribution in [-0.4, -0.2) is 38.4 Å². The zero-order valence-electron chi connectivity index (χ0n) is 7.95. The molecule has 1 heterocycles. The first-order chi connectivity index (χ1) is 6.63. The molecule has 0 N–H and O–H groups in total. The zero-order chi connectivity index (χ0) is 10.6. The maximum absolute atomic E-state index is 10.9. The monoisotopic (exact) mass is 200 g/mol. The van der Waals surface area contributed by atoms with Crippen molar-refractivity contribution in [3.05, 3.63) is 12.2 Å². The van der Waals surface area contributed by atoms with Crippen LogP contribution in [0.3, 0.4) is 0 Å². The van der Waals surface area contributed by atoms with E-state index < -0.39 is 18.0 Å². The molecule has 0 radical (unpaired) electrons. The third-order valence-corrected chi connectivity index (χ3v) is 1.73. The number of ether oxygens (including phenoxy) is 3. The molecule has 0 bridgehead atoms. The minimum absolute atomic E-state index is 0.0625. The normalized spacial score (nSPS) is 20.8. The van der Waals surface area contributed by atoms with Crippen molar-refractivity contribution >= 4 is 11.9 Å². The summed E-state index contributed by atoms with van der Waals surface area (Å²) < 4.78 is 14.2. The van der Waals surface area contributed by atoms with Crippen LogP contribution < -0.4 is 0 Å². The van der Waals surface area contributed by atoms with Gasteiger partial charge in [0.05, 0.1) is 0 Å². The highest BCUT2D eigenvalue weighted by atomic mass is 16.6. The lowest BCUT2D eigenvalue weighted by molar-refractivity contribution is -0.155. The minimum atomic E-state index is -0.471. The van der Waals surface area contributed by atoms with Crippen LogP contribution in [0.2, 0.25) is 0 Å². The van der Waals surface area contributed by atoms with Gasteiger partial charge in [0.2, 0.25) is 0 Å². The molecule has 0 aliphatic carbocycles. The molecule has 0 saturated carbocycles. The van der Waals surface area contributed by atoms with E-state index in [1.165, 1.54) is 7.11 Å². The van der Waals surface area contributed by atoms with Gasteiger partial charge in [0.1, 0.15) is 19.3 Å². The lowest BCUT2D eigenvalue weighted by Gasteiger charge is -2.08. The average Bonchev–Trinajstić information content (AvgIpc) is 2.44. The summed E-state index contributed by atoms with van der Waals surface area (Å²) in [6.45, 7) is 3.48. The summed E-state index contributed by atoms with van der Waals surface area (Å²) in [5, 5.41) is 0. The molecule has 14 heavy (non-hydrogen) atoms. The van der Waals surface area contributed by atoms with Crippen LogP contribution in [-0.2, 0) is 23.8 Å². The van der Waals surface area contributed by atoms with Crippen LogP contribution in [0.4, 0.5) is 0 Å². The third-order valence-electron chi connectivity index (χ3n) is 1.73. The van der Waals surface area contributed by atoms with Crippen molar-refractivity contribution < 1.29 is 23.8 Å². The van der Waals surface area contributed by atoms with E-state index in [-0.39, 0.29) is 13.2 Å². The number of hydrogen-bond donors (Lipinski definition) is 0. The third kappa shape index (κ3) is 2.85. The summed E-state index contributed by atoms with van der Waals surface area (Å²) in [4.78, 5) is 21.7. The highest BCUT2D eigenvalue weighted by Crippen LogP contribution is 2.18. The Morgan fingerprint density at radius 3 is 2.93 bits per heavy atom. The molecule has 0 spiro atoms. The molecule has 1 aliphatic rings. The summed E-state index contributed by atoms with van der Waals surface area (Å²) in [6, 6.07) is 0. The second-order valence-electron chi connectivity index (χ2n) is 2.95. The molecule has 0 aromatic rings. The van der Waals surface area contributed by atoms with Crippen molar-refractivity contribution in [2.24, 2.45) is 0 Å². The highest BCUT2D eigenvalue weighted by Gasteiger charge is 2.28. The van der Waals surface area contributed by atoms with Crippen molar-refractivity contribution in [3.8, 4) is 0 Å². The van der Waals surface area contributed by atoms with E-state index in [2.05, 4.69) is 11.3 Å². The highest BCUT2D eigenvalue weighted by molar-refractivity contribution is 5.89. The van der Waals surface area contributed by atoms with E-state index >= 15 is 0 Å². The van der Waals surface area contributed by atoms with Crippen LogP contribution in [0.5, 0.6) is 0 Å². The molecule has 1 rings (SSSR count). The molecule has 5 heteroatoms. The molecule has 1 saturated heterocycles. The smallest absolute Gasteiger partial charge is 0.333 e. The molecule has 1 atom stereocenters. The number of hydrogen-bond acceptors (Lipinski definition) is 5. The predicted molar refractivity (Wildman–Crippen MR) is 46.5 cm³/mol. The Morgan fingerprint density at radius 1 is 1.71 bits per heavy atom. The quantitative estimate of drug-likeness (QED) is 0.474. The predicted octanol–water partition coefficient (Wildman–Crippen LogP) is 0.0477. The number of cyclic esters (lactones) is 1. The fourth-order valence-electron chi connectivity index (χ4n) is 1.07. The molecular formula is C9H12O5. The van der Waals surface area contributed by atoms with Gasteiger partial charge in [0.15, 0.2) is 0 Å². The summed E-state index contributed by atoms with van der Waals surface area (Å²) in [5.74, 6) is -0.890. The Morgan fingerprint density at radius 2 is 2.43 bits per heavy atom. The molecule has 0 aromatic carbocycles. The Kier molecular flexibility index (Phi) is 3.64. The van der Waals surface area contributed by atoms with Crippen LogP contribution in [0, 0.1) is 0 Å². The molecular weight excluding hydrogens is 188 g/mol. The van der Waals surface area contributed by atoms with Crippen LogP contribution in [0.25, 0.3) is 0 Å². The van der Waals surface area contributed by atoms with Crippen LogP contribution >= 0.6 is 0 Å². The zero-order valence-corrected chi connectivity index (χ0v) is 7.95. The van der Waals surface area contributed by atoms with Crippen molar-refractivity contribution in [1.29, 1.82) is 0 Å². The van der Waals surface area contributed by atoms with Crippen molar-refractivity contribution in [2.75, 3.05) is 20.3 Å². The molecule has 1 aliphatic heterocycles. The van der Waals surface area contributed by atoms with Crippen LogP contribution in [0.15, 0.2) is 12.2 Å². The number of esters is 2. The molecule has 0 amide bonds. The van der Waals surface area contributed by atoms with Gasteiger partial charge in [-0.25, -0.2) is 9.59 Å². The first-order valence-electron chi connectivity index (χ1n) is 4.16. The van der Waals surface area contributed by atoms with E-state index in [4.69, 9.17) is 9.47 Å². The van der Waals surface area contributed by atoms with E-state index in [9.17, 15) is 9.59 Å². The van der Waals surface area contributed by atoms with E-state index in [0.29, 0.717) is 12.0 Å². The summed E-state index contributed by atoms with van der Waals surface area (Å²) in [5.41, 5.74) is 0.415. The fourth-order valence-corrected chi connectivity index (χ4v) is 1.07. The average molecular weight is 200 g/mol. The Balaban J connectivity index is 2.23. The molecule has 0 aromatic heterocycles. The Hall–Kier alpha value is -1.36. The van der Waals surface area contributed by atoms with Gasteiger partial charge in [0.25, 0.3) is 0 Å². The topological polar surface area (TPSA) is 61.8 Å². The van der Waals surface area contributed by atoms with Crippen molar-refractivity contribution in [2.45, 2.75) is 12.5 Å². The van der Waals surface area contributed by atoms with Gasteiger partial charge in [-0.1, -0.05) is 6.58 Å². The first kappa shape index (κ1) is 10.7. The first-order valence-corrected chi connectivity index (χ1v) is 4.16. The van der Waals surface area contributed by atoms with Crippen LogP contribution in [0.1, 0.15) is 6.42 Å². The number of rotatable bonds is 4. The standard InChI is InChI=1S/C9H12O5/c1-6-3-7(14-9(6)11)4-13-8(10)5-12-2/h7H,1,3-5H2,2H3. The second-order valence-corrected chi connectivity index (χ2v) is 2.95. The van der Waals surface area contributed by atoms with Crippen molar-refractivity contribution in [3.63, 3.8) is 0 Å². The Labute approximate surface area is 81.6 Å². The molecule has 1 fully saturated rings. The second kappa shape index (κ2) is 4.76. The van der Waals surface area contributed by atoms with Gasteiger partial charge >= 0.3 is 11.9 Å². The lowest BCUT2D eigenvalue weighted by atomic mass is 10.2. The summed E-state index contributed by atoms with van der Waals surface area (Å²) in [7, 11) is 1.40. The minimum Gasteiger partial charge on any atom is -0.460 e. The largest absolute Gasteiger partial charge is 0.460 e. The number of carbonyl (C=O) groups excluding carboxylic acids is 2. The van der Waals surface area contributed by atoms with Gasteiger partial charge in [-0.3, -0.25) is 0 Å². The maximum atomic E-state index is 10.9. The van der Waals surface area contributed by atoms with E-state index in [1.54, 1.807) is 0 Å². The summed E-state index contributed by atoms with van der Waals surface area (Å²) >= 11 is 0. The molecule has 1 unspecified atom stereocenters. The van der Waals surface area contributed by atoms with Gasteiger partial charge in [-0.15, -0.1) is 0 Å². The fraction of sp³-hybridized carbons (Fsp3) is 0.556. The van der Waals surface area contributed by atoms with Gasteiger partial charge < -0.3 is 14.2 Å². The molecule has 78 valence electrons. The number of carbonyl (C=O) groups is 2. The van der Waals surface area contributed by atoms with Gasteiger partial charge in [-0.2, -0.15) is 0 Å². The SMILES string of the molecule is C=C1CC(COC(=O)COC)OC1=O. The Bertz CT molecular complexity index is 242. The lowest BCUT2D eigenvalue weighted by Crippen LogP contribution is -2.20.